The lowest BCUT2D eigenvalue weighted by Crippen LogP contribution is -1.96. The second kappa shape index (κ2) is 5.31. The topological polar surface area (TPSA) is 30.0 Å². The Morgan fingerprint density at radius 3 is 2.50 bits per heavy atom. The van der Waals surface area contributed by atoms with E-state index in [9.17, 15) is 9.18 Å². The van der Waals surface area contributed by atoms with E-state index in [1.807, 2.05) is 13.0 Å². The van der Waals surface area contributed by atoms with Crippen LogP contribution in [0.5, 0.6) is 0 Å². The first-order chi connectivity index (χ1) is 8.56. The summed E-state index contributed by atoms with van der Waals surface area (Å²) >= 11 is 1.45. The zero-order chi connectivity index (χ0) is 13.1. The summed E-state index contributed by atoms with van der Waals surface area (Å²) in [6, 6.07) is 8.07. The van der Waals surface area contributed by atoms with E-state index in [0.29, 0.717) is 5.56 Å². The third kappa shape index (κ3) is 2.96. The molecule has 18 heavy (non-hydrogen) atoms. The monoisotopic (exact) mass is 261 g/mol. The summed E-state index contributed by atoms with van der Waals surface area (Å²) in [4.78, 5) is 16.4. The SMILES string of the molecule is CC(=O)c1cnc(Sc2ccc(F)cc2)c(C)c1. The van der Waals surface area contributed by atoms with Gasteiger partial charge >= 0.3 is 0 Å². The van der Waals surface area contributed by atoms with Crippen molar-refractivity contribution >= 4 is 17.5 Å². The Bertz CT molecular complexity index is 581. The summed E-state index contributed by atoms with van der Waals surface area (Å²) < 4.78 is 12.8. The first-order valence-electron chi connectivity index (χ1n) is 5.47. The molecule has 1 heterocycles. The number of aromatic nitrogens is 1. The van der Waals surface area contributed by atoms with Gasteiger partial charge < -0.3 is 0 Å². The average Bonchev–Trinajstić information content (AvgIpc) is 2.34. The van der Waals surface area contributed by atoms with Gasteiger partial charge in [-0.05, 0) is 49.7 Å². The second-order valence-corrected chi connectivity index (χ2v) is 5.02. The van der Waals surface area contributed by atoms with Crippen molar-refractivity contribution in [3.8, 4) is 0 Å². The molecule has 0 aliphatic rings. The summed E-state index contributed by atoms with van der Waals surface area (Å²) in [5, 5.41) is 0.826. The van der Waals surface area contributed by atoms with Gasteiger partial charge in [-0.15, -0.1) is 0 Å². The van der Waals surface area contributed by atoms with Crippen LogP contribution in [0.1, 0.15) is 22.8 Å². The van der Waals surface area contributed by atoms with Crippen LogP contribution >= 0.6 is 11.8 Å². The summed E-state index contributed by atoms with van der Waals surface area (Å²) in [7, 11) is 0. The molecule has 0 saturated heterocycles. The summed E-state index contributed by atoms with van der Waals surface area (Å²) in [5.74, 6) is -0.250. The highest BCUT2D eigenvalue weighted by atomic mass is 32.2. The van der Waals surface area contributed by atoms with Crippen LogP contribution in [0.25, 0.3) is 0 Å². The maximum atomic E-state index is 12.8. The Kier molecular flexibility index (Phi) is 3.77. The van der Waals surface area contributed by atoms with E-state index in [2.05, 4.69) is 4.98 Å². The van der Waals surface area contributed by atoms with E-state index in [1.165, 1.54) is 30.8 Å². The highest BCUT2D eigenvalue weighted by molar-refractivity contribution is 7.99. The van der Waals surface area contributed by atoms with Gasteiger partial charge in [0, 0.05) is 16.7 Å². The Labute approximate surface area is 109 Å². The van der Waals surface area contributed by atoms with Crippen molar-refractivity contribution in [1.29, 1.82) is 0 Å². The van der Waals surface area contributed by atoms with Crippen molar-refractivity contribution in [3.05, 3.63) is 53.5 Å². The van der Waals surface area contributed by atoms with Gasteiger partial charge in [0.1, 0.15) is 10.8 Å². The van der Waals surface area contributed by atoms with Gasteiger partial charge in [-0.2, -0.15) is 0 Å². The van der Waals surface area contributed by atoms with Gasteiger partial charge in [-0.3, -0.25) is 4.79 Å². The molecule has 4 heteroatoms. The second-order valence-electron chi connectivity index (χ2n) is 3.96. The largest absolute Gasteiger partial charge is 0.294 e. The molecule has 0 N–H and O–H groups in total. The van der Waals surface area contributed by atoms with Crippen molar-refractivity contribution < 1.29 is 9.18 Å². The van der Waals surface area contributed by atoms with E-state index < -0.39 is 0 Å². The fourth-order valence-corrected chi connectivity index (χ4v) is 2.30. The van der Waals surface area contributed by atoms with Crippen LogP contribution in [0.2, 0.25) is 0 Å². The minimum absolute atomic E-state index is 0.00364. The van der Waals surface area contributed by atoms with E-state index >= 15 is 0 Å². The molecule has 0 amide bonds. The Balaban J connectivity index is 2.24. The normalized spacial score (nSPS) is 10.4. The standard InChI is InChI=1S/C14H12FNOS/c1-9-7-11(10(2)17)8-16-14(9)18-13-5-3-12(15)4-6-13/h3-8H,1-2H3. The molecular formula is C14H12FNOS. The zero-order valence-electron chi connectivity index (χ0n) is 10.1. The molecule has 2 rings (SSSR count). The average molecular weight is 261 g/mol. The molecule has 0 aliphatic carbocycles. The number of carbonyl (C=O) groups is 1. The minimum atomic E-state index is -0.254. The molecule has 0 bridgehead atoms. The van der Waals surface area contributed by atoms with E-state index in [0.717, 1.165) is 15.5 Å². The van der Waals surface area contributed by atoms with Crippen LogP contribution in [0.15, 0.2) is 46.5 Å². The van der Waals surface area contributed by atoms with Crippen LogP contribution in [0.3, 0.4) is 0 Å². The van der Waals surface area contributed by atoms with Crippen molar-refractivity contribution in [1.82, 2.24) is 4.98 Å². The molecule has 2 nitrogen and oxygen atoms in total. The fraction of sp³-hybridized carbons (Fsp3) is 0.143. The molecular weight excluding hydrogens is 249 g/mol. The van der Waals surface area contributed by atoms with Crippen LogP contribution in [0, 0.1) is 12.7 Å². The predicted octanol–water partition coefficient (Wildman–Crippen LogP) is 3.88. The van der Waals surface area contributed by atoms with Crippen LogP contribution < -0.4 is 0 Å². The van der Waals surface area contributed by atoms with Gasteiger partial charge in [0.25, 0.3) is 0 Å². The predicted molar refractivity (Wildman–Crippen MR) is 69.5 cm³/mol. The molecule has 0 aliphatic heterocycles. The summed E-state index contributed by atoms with van der Waals surface area (Å²) in [6.45, 7) is 3.43. The van der Waals surface area contributed by atoms with Crippen molar-refractivity contribution in [3.63, 3.8) is 0 Å². The highest BCUT2D eigenvalue weighted by Crippen LogP contribution is 2.28. The van der Waals surface area contributed by atoms with Crippen LogP contribution in [-0.4, -0.2) is 10.8 Å². The van der Waals surface area contributed by atoms with E-state index in [-0.39, 0.29) is 11.6 Å². The van der Waals surface area contributed by atoms with Gasteiger partial charge in [0.05, 0.1) is 0 Å². The lowest BCUT2D eigenvalue weighted by atomic mass is 10.2. The molecule has 0 unspecified atom stereocenters. The molecule has 2 aromatic rings. The quantitative estimate of drug-likeness (QED) is 0.785. The van der Waals surface area contributed by atoms with Gasteiger partial charge in [-0.1, -0.05) is 11.8 Å². The molecule has 92 valence electrons. The first-order valence-corrected chi connectivity index (χ1v) is 6.29. The third-order valence-electron chi connectivity index (χ3n) is 2.46. The van der Waals surface area contributed by atoms with Crippen molar-refractivity contribution in [2.75, 3.05) is 0 Å². The van der Waals surface area contributed by atoms with E-state index in [1.54, 1.807) is 18.3 Å². The summed E-state index contributed by atoms with van der Waals surface area (Å²) in [5.41, 5.74) is 1.55. The number of aryl methyl sites for hydroxylation is 1. The van der Waals surface area contributed by atoms with E-state index in [4.69, 9.17) is 0 Å². The molecule has 0 spiro atoms. The Hall–Kier alpha value is -1.68. The molecule has 1 aromatic heterocycles. The first kappa shape index (κ1) is 12.8. The number of hydrogen-bond donors (Lipinski definition) is 0. The molecule has 0 fully saturated rings. The number of ketones is 1. The molecule has 0 atom stereocenters. The smallest absolute Gasteiger partial charge is 0.161 e. The van der Waals surface area contributed by atoms with Crippen molar-refractivity contribution in [2.45, 2.75) is 23.8 Å². The summed E-state index contributed by atoms with van der Waals surface area (Å²) in [6.07, 6.45) is 1.57. The maximum Gasteiger partial charge on any atom is 0.161 e. The zero-order valence-corrected chi connectivity index (χ0v) is 10.9. The number of carbonyl (C=O) groups excluding carboxylic acids is 1. The fourth-order valence-electron chi connectivity index (χ4n) is 1.48. The minimum Gasteiger partial charge on any atom is -0.294 e. The maximum absolute atomic E-state index is 12.8. The van der Waals surface area contributed by atoms with Crippen LogP contribution in [0.4, 0.5) is 4.39 Å². The van der Waals surface area contributed by atoms with Gasteiger partial charge in [-0.25, -0.2) is 9.37 Å². The molecule has 1 aromatic carbocycles. The Morgan fingerprint density at radius 2 is 1.94 bits per heavy atom. The third-order valence-corrected chi connectivity index (χ3v) is 3.59. The number of pyridine rings is 1. The number of rotatable bonds is 3. The lowest BCUT2D eigenvalue weighted by Gasteiger charge is -2.05. The number of benzene rings is 1. The number of hydrogen-bond acceptors (Lipinski definition) is 3. The van der Waals surface area contributed by atoms with Gasteiger partial charge in [0.15, 0.2) is 5.78 Å². The highest BCUT2D eigenvalue weighted by Gasteiger charge is 2.06. The number of nitrogens with zero attached hydrogens (tertiary/aromatic N) is 1. The number of halogens is 1. The van der Waals surface area contributed by atoms with Crippen molar-refractivity contribution in [2.24, 2.45) is 0 Å². The van der Waals surface area contributed by atoms with Gasteiger partial charge in [0.2, 0.25) is 0 Å². The number of Topliss-reactive ketones (excluding diaryl/α,β-unsaturated/α-hetero) is 1. The molecule has 0 saturated carbocycles. The Morgan fingerprint density at radius 1 is 1.28 bits per heavy atom. The van der Waals surface area contributed by atoms with Crippen LogP contribution in [-0.2, 0) is 0 Å². The lowest BCUT2D eigenvalue weighted by molar-refractivity contribution is 0.101. The molecule has 0 radical (unpaired) electrons.